The van der Waals surface area contributed by atoms with Crippen LogP contribution in [-0.4, -0.2) is 42.0 Å². The van der Waals surface area contributed by atoms with E-state index in [1.807, 2.05) is 17.8 Å². The predicted octanol–water partition coefficient (Wildman–Crippen LogP) is 7.06. The summed E-state index contributed by atoms with van der Waals surface area (Å²) in [5.41, 5.74) is 3.74. The van der Waals surface area contributed by atoms with Crippen molar-refractivity contribution in [3.05, 3.63) is 89.5 Å². The van der Waals surface area contributed by atoms with Crippen molar-refractivity contribution in [1.29, 1.82) is 0 Å². The maximum atomic E-state index is 9.97. The Bertz CT molecular complexity index is 1050. The van der Waals surface area contributed by atoms with Crippen LogP contribution >= 0.6 is 11.8 Å². The molecule has 2 atom stereocenters. The van der Waals surface area contributed by atoms with Crippen LogP contribution in [0.1, 0.15) is 60.6 Å². The number of hydrogen-bond donors (Lipinski definition) is 1. The molecule has 2 aliphatic rings. The van der Waals surface area contributed by atoms with Crippen molar-refractivity contribution in [3.63, 3.8) is 0 Å². The summed E-state index contributed by atoms with van der Waals surface area (Å²) in [7, 11) is 0. The fourth-order valence-corrected chi connectivity index (χ4v) is 6.29. The highest BCUT2D eigenvalue weighted by atomic mass is 32.2. The van der Waals surface area contributed by atoms with E-state index in [9.17, 15) is 5.11 Å². The lowest BCUT2D eigenvalue weighted by Gasteiger charge is -2.34. The lowest BCUT2D eigenvalue weighted by molar-refractivity contribution is 0.248. The van der Waals surface area contributed by atoms with E-state index in [0.29, 0.717) is 6.61 Å². The third-order valence-corrected chi connectivity index (χ3v) is 8.30. The average molecular weight is 474 g/mol. The number of hydrogen-bond acceptors (Lipinski definition) is 4. The minimum Gasteiger partial charge on any atom is -0.508 e. The van der Waals surface area contributed by atoms with Gasteiger partial charge in [-0.15, -0.1) is 11.8 Å². The van der Waals surface area contributed by atoms with Gasteiger partial charge in [-0.25, -0.2) is 0 Å². The van der Waals surface area contributed by atoms with Crippen molar-refractivity contribution in [1.82, 2.24) is 4.90 Å². The Morgan fingerprint density at radius 3 is 2.44 bits per heavy atom. The number of phenols is 1. The minimum atomic E-state index is 0.205. The second kappa shape index (κ2) is 11.3. The summed E-state index contributed by atoms with van der Waals surface area (Å²) in [5.74, 6) is 2.68. The number of thioether (sulfide) groups is 1. The standard InChI is InChI=1S/C30H35NO2S/c32-25-13-16-27-29(21-25)33-22-28(23-9-3-1-4-10-23)30(27)24-11-14-26(15-12-24)34-20-8-2-5-17-31-18-6-7-19-31/h1,3-4,9-16,21,28,30,32H,2,5-8,17-20,22H2/t28-,30-/m0/s1. The number of nitrogens with zero attached hydrogens (tertiary/aromatic N) is 1. The lowest BCUT2D eigenvalue weighted by Crippen LogP contribution is -2.25. The van der Waals surface area contributed by atoms with Gasteiger partial charge in [-0.2, -0.15) is 0 Å². The van der Waals surface area contributed by atoms with Crippen molar-refractivity contribution < 1.29 is 9.84 Å². The lowest BCUT2D eigenvalue weighted by atomic mass is 9.76. The van der Waals surface area contributed by atoms with Gasteiger partial charge in [-0.1, -0.05) is 55.0 Å². The van der Waals surface area contributed by atoms with Gasteiger partial charge in [-0.3, -0.25) is 0 Å². The van der Waals surface area contributed by atoms with Crippen LogP contribution in [0.5, 0.6) is 11.5 Å². The van der Waals surface area contributed by atoms with E-state index in [2.05, 4.69) is 59.5 Å². The van der Waals surface area contributed by atoms with Crippen molar-refractivity contribution in [2.75, 3.05) is 32.0 Å². The molecule has 0 amide bonds. The predicted molar refractivity (Wildman–Crippen MR) is 141 cm³/mol. The number of unbranched alkanes of at least 4 members (excludes halogenated alkanes) is 2. The van der Waals surface area contributed by atoms with Crippen molar-refractivity contribution in [2.45, 2.75) is 48.8 Å². The summed E-state index contributed by atoms with van der Waals surface area (Å²) in [6.45, 7) is 4.52. The van der Waals surface area contributed by atoms with Crippen LogP contribution in [0.25, 0.3) is 0 Å². The summed E-state index contributed by atoms with van der Waals surface area (Å²) in [6.07, 6.45) is 6.72. The zero-order chi connectivity index (χ0) is 23.2. The third-order valence-electron chi connectivity index (χ3n) is 7.21. The second-order valence-electron chi connectivity index (χ2n) is 9.55. The molecule has 0 radical (unpaired) electrons. The molecule has 3 aromatic carbocycles. The van der Waals surface area contributed by atoms with Gasteiger partial charge in [0.25, 0.3) is 0 Å². The Hall–Kier alpha value is -2.43. The molecule has 0 saturated carbocycles. The molecule has 3 aromatic rings. The summed E-state index contributed by atoms with van der Waals surface area (Å²) in [5, 5.41) is 9.97. The van der Waals surface area contributed by atoms with Crippen LogP contribution in [0.4, 0.5) is 0 Å². The van der Waals surface area contributed by atoms with E-state index in [1.165, 1.54) is 73.5 Å². The highest BCUT2D eigenvalue weighted by Gasteiger charge is 2.33. The van der Waals surface area contributed by atoms with E-state index >= 15 is 0 Å². The first-order valence-electron chi connectivity index (χ1n) is 12.7. The molecule has 4 heteroatoms. The molecule has 0 aliphatic carbocycles. The Labute approximate surface area is 208 Å². The Morgan fingerprint density at radius 2 is 1.65 bits per heavy atom. The molecule has 3 nitrogen and oxygen atoms in total. The Morgan fingerprint density at radius 1 is 0.853 bits per heavy atom. The van der Waals surface area contributed by atoms with Gasteiger partial charge in [0, 0.05) is 28.4 Å². The molecule has 34 heavy (non-hydrogen) atoms. The monoisotopic (exact) mass is 473 g/mol. The SMILES string of the molecule is Oc1ccc2c(c1)OC[C@@H](c1ccccc1)[C@H]2c1ccc(SCCCCCN2CCCC2)cc1. The normalized spacial score (nSPS) is 20.1. The van der Waals surface area contributed by atoms with Crippen LogP contribution < -0.4 is 4.74 Å². The van der Waals surface area contributed by atoms with Crippen molar-refractivity contribution in [2.24, 2.45) is 0 Å². The van der Waals surface area contributed by atoms with Crippen molar-refractivity contribution >= 4 is 11.8 Å². The number of phenolic OH excluding ortho intramolecular Hbond substituents is 1. The van der Waals surface area contributed by atoms with Crippen LogP contribution in [0.15, 0.2) is 77.7 Å². The molecule has 5 rings (SSSR count). The Kier molecular flexibility index (Phi) is 7.77. The average Bonchev–Trinajstić information content (AvgIpc) is 3.40. The summed E-state index contributed by atoms with van der Waals surface area (Å²) >= 11 is 1.97. The molecular weight excluding hydrogens is 438 g/mol. The van der Waals surface area contributed by atoms with Gasteiger partial charge in [-0.05, 0) is 80.4 Å². The molecule has 2 aliphatic heterocycles. The molecule has 1 fully saturated rings. The minimum absolute atomic E-state index is 0.205. The van der Waals surface area contributed by atoms with E-state index in [1.54, 1.807) is 12.1 Å². The number of rotatable bonds is 9. The first kappa shape index (κ1) is 23.3. The zero-order valence-corrected chi connectivity index (χ0v) is 20.7. The van der Waals surface area contributed by atoms with Gasteiger partial charge >= 0.3 is 0 Å². The molecule has 2 heterocycles. The van der Waals surface area contributed by atoms with E-state index in [0.717, 1.165) is 11.3 Å². The second-order valence-corrected chi connectivity index (χ2v) is 10.7. The van der Waals surface area contributed by atoms with Crippen LogP contribution in [0.3, 0.4) is 0 Å². The smallest absolute Gasteiger partial charge is 0.126 e. The maximum Gasteiger partial charge on any atom is 0.126 e. The van der Waals surface area contributed by atoms with E-state index in [-0.39, 0.29) is 17.6 Å². The quantitative estimate of drug-likeness (QED) is 0.266. The number of benzene rings is 3. The third kappa shape index (κ3) is 5.61. The molecular formula is C30H35NO2S. The van der Waals surface area contributed by atoms with Gasteiger partial charge in [0.05, 0.1) is 6.61 Å². The van der Waals surface area contributed by atoms with E-state index in [4.69, 9.17) is 4.74 Å². The largest absolute Gasteiger partial charge is 0.508 e. The molecule has 1 saturated heterocycles. The molecule has 0 unspecified atom stereocenters. The van der Waals surface area contributed by atoms with Gasteiger partial charge in [0.15, 0.2) is 0 Å². The van der Waals surface area contributed by atoms with Crippen LogP contribution in [-0.2, 0) is 0 Å². The maximum absolute atomic E-state index is 9.97. The number of ether oxygens (including phenoxy) is 1. The topological polar surface area (TPSA) is 32.7 Å². The molecule has 1 N–H and O–H groups in total. The highest BCUT2D eigenvalue weighted by molar-refractivity contribution is 7.99. The first-order chi connectivity index (χ1) is 16.8. The first-order valence-corrected chi connectivity index (χ1v) is 13.7. The molecule has 0 aromatic heterocycles. The van der Waals surface area contributed by atoms with Crippen LogP contribution in [0.2, 0.25) is 0 Å². The number of likely N-dealkylation sites (tertiary alicyclic amines) is 1. The fraction of sp³-hybridized carbons (Fsp3) is 0.400. The van der Waals surface area contributed by atoms with E-state index < -0.39 is 0 Å². The molecule has 178 valence electrons. The fourth-order valence-electron chi connectivity index (χ4n) is 5.38. The highest BCUT2D eigenvalue weighted by Crippen LogP contribution is 2.47. The van der Waals surface area contributed by atoms with Gasteiger partial charge in [0.1, 0.15) is 11.5 Å². The zero-order valence-electron chi connectivity index (χ0n) is 19.9. The molecule has 0 bridgehead atoms. The molecule has 0 spiro atoms. The number of aromatic hydroxyl groups is 1. The number of fused-ring (bicyclic) bond motifs is 1. The summed E-state index contributed by atoms with van der Waals surface area (Å²) in [6, 6.07) is 25.3. The van der Waals surface area contributed by atoms with Gasteiger partial charge in [0.2, 0.25) is 0 Å². The van der Waals surface area contributed by atoms with Crippen molar-refractivity contribution in [3.8, 4) is 11.5 Å². The van der Waals surface area contributed by atoms with Crippen LogP contribution in [0, 0.1) is 0 Å². The summed E-state index contributed by atoms with van der Waals surface area (Å²) < 4.78 is 6.10. The Balaban J connectivity index is 1.24. The summed E-state index contributed by atoms with van der Waals surface area (Å²) in [4.78, 5) is 3.96. The van der Waals surface area contributed by atoms with Gasteiger partial charge < -0.3 is 14.7 Å².